The SMILES string of the molecule is CC(=O)Nc1ccc(NC(=O)C2CC2C(=O)Nc2cccc3cccnc23)cc1. The number of nitrogens with zero attached hydrogens (tertiary/aromatic N) is 1. The maximum atomic E-state index is 12.6. The van der Waals surface area contributed by atoms with Crippen LogP contribution in [0.15, 0.2) is 60.8 Å². The number of anilines is 3. The number of nitrogens with one attached hydrogen (secondary N) is 3. The molecule has 0 radical (unpaired) electrons. The Morgan fingerprint density at radius 2 is 1.45 bits per heavy atom. The third-order valence-electron chi connectivity index (χ3n) is 4.83. The van der Waals surface area contributed by atoms with Gasteiger partial charge in [-0.2, -0.15) is 0 Å². The van der Waals surface area contributed by atoms with Crippen molar-refractivity contribution in [2.45, 2.75) is 13.3 Å². The van der Waals surface area contributed by atoms with Crippen LogP contribution in [0.5, 0.6) is 0 Å². The zero-order valence-electron chi connectivity index (χ0n) is 15.8. The van der Waals surface area contributed by atoms with Gasteiger partial charge in [0.15, 0.2) is 0 Å². The molecule has 29 heavy (non-hydrogen) atoms. The second kappa shape index (κ2) is 7.71. The van der Waals surface area contributed by atoms with E-state index in [1.807, 2.05) is 24.3 Å². The summed E-state index contributed by atoms with van der Waals surface area (Å²) in [5.74, 6) is -1.23. The summed E-state index contributed by atoms with van der Waals surface area (Å²) < 4.78 is 0. The van der Waals surface area contributed by atoms with Crippen molar-refractivity contribution in [3.05, 3.63) is 60.8 Å². The van der Waals surface area contributed by atoms with Crippen molar-refractivity contribution in [2.75, 3.05) is 16.0 Å². The first-order chi connectivity index (χ1) is 14.0. The molecule has 7 nitrogen and oxygen atoms in total. The molecule has 2 atom stereocenters. The minimum Gasteiger partial charge on any atom is -0.326 e. The molecule has 146 valence electrons. The van der Waals surface area contributed by atoms with E-state index in [-0.39, 0.29) is 29.6 Å². The number of hydrogen-bond donors (Lipinski definition) is 3. The Kier molecular flexibility index (Phi) is 4.95. The maximum absolute atomic E-state index is 12.6. The van der Waals surface area contributed by atoms with Crippen LogP contribution in [0.4, 0.5) is 17.1 Å². The number of benzene rings is 2. The fraction of sp³-hybridized carbons (Fsp3) is 0.182. The van der Waals surface area contributed by atoms with E-state index in [0.29, 0.717) is 23.5 Å². The Hall–Kier alpha value is -3.74. The van der Waals surface area contributed by atoms with Crippen molar-refractivity contribution >= 4 is 45.7 Å². The van der Waals surface area contributed by atoms with Crippen LogP contribution < -0.4 is 16.0 Å². The monoisotopic (exact) mass is 388 g/mol. The first-order valence-corrected chi connectivity index (χ1v) is 9.34. The number of hydrogen-bond acceptors (Lipinski definition) is 4. The van der Waals surface area contributed by atoms with Gasteiger partial charge in [0.05, 0.1) is 23.0 Å². The summed E-state index contributed by atoms with van der Waals surface area (Å²) >= 11 is 0. The molecule has 1 aromatic heterocycles. The minimum absolute atomic E-state index is 0.157. The lowest BCUT2D eigenvalue weighted by Crippen LogP contribution is -2.20. The van der Waals surface area contributed by atoms with Crippen molar-refractivity contribution in [1.82, 2.24) is 4.98 Å². The van der Waals surface area contributed by atoms with Gasteiger partial charge in [-0.3, -0.25) is 19.4 Å². The van der Waals surface area contributed by atoms with E-state index < -0.39 is 0 Å². The van der Waals surface area contributed by atoms with E-state index in [0.717, 1.165) is 10.9 Å². The number of para-hydroxylation sites is 1. The normalized spacial score (nSPS) is 17.4. The maximum Gasteiger partial charge on any atom is 0.228 e. The lowest BCUT2D eigenvalue weighted by atomic mass is 10.2. The highest BCUT2D eigenvalue weighted by Crippen LogP contribution is 2.40. The second-order valence-electron chi connectivity index (χ2n) is 7.07. The fourth-order valence-corrected chi connectivity index (χ4v) is 3.28. The summed E-state index contributed by atoms with van der Waals surface area (Å²) in [7, 11) is 0. The van der Waals surface area contributed by atoms with E-state index in [1.165, 1.54) is 6.92 Å². The van der Waals surface area contributed by atoms with Gasteiger partial charge in [0.1, 0.15) is 0 Å². The summed E-state index contributed by atoms with van der Waals surface area (Å²) in [6, 6.07) is 16.2. The van der Waals surface area contributed by atoms with Gasteiger partial charge in [0.25, 0.3) is 0 Å². The third kappa shape index (κ3) is 4.24. The summed E-state index contributed by atoms with van der Waals surface area (Å²) in [5, 5.41) is 9.33. The number of fused-ring (bicyclic) bond motifs is 1. The van der Waals surface area contributed by atoms with Crippen LogP contribution in [0.2, 0.25) is 0 Å². The van der Waals surface area contributed by atoms with Gasteiger partial charge in [0.2, 0.25) is 17.7 Å². The van der Waals surface area contributed by atoms with Crippen molar-refractivity contribution in [2.24, 2.45) is 11.8 Å². The van der Waals surface area contributed by atoms with Gasteiger partial charge in [-0.25, -0.2) is 0 Å². The molecule has 1 aliphatic carbocycles. The highest BCUT2D eigenvalue weighted by atomic mass is 16.2. The molecule has 3 amide bonds. The zero-order valence-corrected chi connectivity index (χ0v) is 15.8. The molecule has 1 aliphatic rings. The highest BCUT2D eigenvalue weighted by Gasteiger charge is 2.48. The molecular weight excluding hydrogens is 368 g/mol. The van der Waals surface area contributed by atoms with Crippen LogP contribution >= 0.6 is 0 Å². The number of carbonyl (C=O) groups is 3. The van der Waals surface area contributed by atoms with Crippen molar-refractivity contribution in [3.63, 3.8) is 0 Å². The summed E-state index contributed by atoms with van der Waals surface area (Å²) in [6.45, 7) is 1.43. The molecule has 7 heteroatoms. The molecule has 2 unspecified atom stereocenters. The van der Waals surface area contributed by atoms with Gasteiger partial charge in [-0.1, -0.05) is 18.2 Å². The predicted octanol–water partition coefficient (Wildman–Crippen LogP) is 3.41. The molecule has 1 saturated carbocycles. The Morgan fingerprint density at radius 3 is 2.14 bits per heavy atom. The van der Waals surface area contributed by atoms with Crippen molar-refractivity contribution < 1.29 is 14.4 Å². The van der Waals surface area contributed by atoms with Gasteiger partial charge in [0, 0.05) is 29.9 Å². The second-order valence-corrected chi connectivity index (χ2v) is 7.07. The molecule has 0 bridgehead atoms. The molecule has 1 fully saturated rings. The molecule has 3 aromatic rings. The van der Waals surface area contributed by atoms with Gasteiger partial charge in [-0.05, 0) is 42.8 Å². The molecule has 1 heterocycles. The molecule has 3 N–H and O–H groups in total. The molecule has 4 rings (SSSR count). The Morgan fingerprint density at radius 1 is 0.828 bits per heavy atom. The Bertz CT molecular complexity index is 1090. The predicted molar refractivity (Wildman–Crippen MR) is 111 cm³/mol. The number of pyridine rings is 1. The van der Waals surface area contributed by atoms with Gasteiger partial charge in [-0.15, -0.1) is 0 Å². The molecule has 0 saturated heterocycles. The summed E-state index contributed by atoms with van der Waals surface area (Å²) in [4.78, 5) is 40.4. The van der Waals surface area contributed by atoms with Crippen LogP contribution in [0.1, 0.15) is 13.3 Å². The highest BCUT2D eigenvalue weighted by molar-refractivity contribution is 6.06. The van der Waals surface area contributed by atoms with Crippen LogP contribution in [0, 0.1) is 11.8 Å². The summed E-state index contributed by atoms with van der Waals surface area (Å²) in [6.07, 6.45) is 2.20. The first-order valence-electron chi connectivity index (χ1n) is 9.34. The van der Waals surface area contributed by atoms with Crippen LogP contribution in [-0.2, 0) is 14.4 Å². The average molecular weight is 388 g/mol. The lowest BCUT2D eigenvalue weighted by Gasteiger charge is -2.09. The third-order valence-corrected chi connectivity index (χ3v) is 4.83. The van der Waals surface area contributed by atoms with Crippen molar-refractivity contribution in [3.8, 4) is 0 Å². The number of carbonyl (C=O) groups excluding carboxylic acids is 3. The van der Waals surface area contributed by atoms with E-state index in [2.05, 4.69) is 20.9 Å². The fourth-order valence-electron chi connectivity index (χ4n) is 3.28. The standard InChI is InChI=1S/C22H20N4O3/c1-13(27)24-15-7-9-16(10-8-15)25-21(28)17-12-18(17)22(29)26-19-6-2-4-14-5-3-11-23-20(14)19/h2-11,17-18H,12H2,1H3,(H,24,27)(H,25,28)(H,26,29). The smallest absolute Gasteiger partial charge is 0.228 e. The molecule has 0 spiro atoms. The van der Waals surface area contributed by atoms with Crippen LogP contribution in [-0.4, -0.2) is 22.7 Å². The minimum atomic E-state index is -0.354. The number of aromatic nitrogens is 1. The lowest BCUT2D eigenvalue weighted by molar-refractivity contribution is -0.122. The van der Waals surface area contributed by atoms with E-state index in [1.54, 1.807) is 36.5 Å². The van der Waals surface area contributed by atoms with E-state index in [9.17, 15) is 14.4 Å². The number of rotatable bonds is 5. The first kappa shape index (κ1) is 18.6. The Labute approximate surface area is 167 Å². The Balaban J connectivity index is 1.36. The topological polar surface area (TPSA) is 100 Å². The average Bonchev–Trinajstić information content (AvgIpc) is 3.51. The van der Waals surface area contributed by atoms with E-state index >= 15 is 0 Å². The van der Waals surface area contributed by atoms with Gasteiger partial charge >= 0.3 is 0 Å². The quantitative estimate of drug-likeness (QED) is 0.624. The van der Waals surface area contributed by atoms with Crippen LogP contribution in [0.3, 0.4) is 0 Å². The largest absolute Gasteiger partial charge is 0.326 e. The molecule has 0 aliphatic heterocycles. The van der Waals surface area contributed by atoms with Crippen molar-refractivity contribution in [1.29, 1.82) is 0 Å². The zero-order chi connectivity index (χ0) is 20.4. The van der Waals surface area contributed by atoms with Crippen LogP contribution in [0.25, 0.3) is 10.9 Å². The molecule has 2 aromatic carbocycles. The number of amides is 3. The summed E-state index contributed by atoms with van der Waals surface area (Å²) in [5.41, 5.74) is 2.65. The molecular formula is C22H20N4O3. The van der Waals surface area contributed by atoms with Gasteiger partial charge < -0.3 is 16.0 Å². The van der Waals surface area contributed by atoms with E-state index in [4.69, 9.17) is 0 Å².